The lowest BCUT2D eigenvalue weighted by Gasteiger charge is -2.28. The summed E-state index contributed by atoms with van der Waals surface area (Å²) in [5.74, 6) is 6.34. The van der Waals surface area contributed by atoms with E-state index in [1.807, 2.05) is 16.9 Å². The Bertz CT molecular complexity index is 254. The molecule has 2 saturated heterocycles. The number of aliphatic hydroxyl groups is 1. The molecule has 0 aromatic heterocycles. The Kier molecular flexibility index (Phi) is 4.94. The molecule has 1 unspecified atom stereocenters. The van der Waals surface area contributed by atoms with Crippen molar-refractivity contribution < 1.29 is 9.84 Å². The van der Waals surface area contributed by atoms with E-state index in [0.29, 0.717) is 19.2 Å². The molecule has 0 bridgehead atoms. The summed E-state index contributed by atoms with van der Waals surface area (Å²) in [6.07, 6.45) is 3.05. The predicted molar refractivity (Wildman–Crippen MR) is 69.3 cm³/mol. The quantitative estimate of drug-likeness (QED) is 0.351. The molecule has 6 heteroatoms. The van der Waals surface area contributed by atoms with Crippen LogP contribution in [0.2, 0.25) is 0 Å². The zero-order chi connectivity index (χ0) is 13.0. The molecule has 106 valence electrons. The first-order chi connectivity index (χ1) is 8.55. The van der Waals surface area contributed by atoms with E-state index in [4.69, 9.17) is 10.6 Å². The van der Waals surface area contributed by atoms with Gasteiger partial charge in [-0.1, -0.05) is 0 Å². The van der Waals surface area contributed by atoms with E-state index in [1.165, 1.54) is 0 Å². The number of β-amino-alcohol motifs (C(OH)–C–C–N with tert-alkyl or cyclic N) is 1. The van der Waals surface area contributed by atoms with Crippen molar-refractivity contribution in [3.63, 3.8) is 0 Å². The Hall–Kier alpha value is -0.240. The van der Waals surface area contributed by atoms with Crippen LogP contribution >= 0.6 is 0 Å². The van der Waals surface area contributed by atoms with E-state index < -0.39 is 5.60 Å². The van der Waals surface area contributed by atoms with Crippen LogP contribution in [-0.4, -0.2) is 60.2 Å². The van der Waals surface area contributed by atoms with Crippen LogP contribution in [-0.2, 0) is 4.74 Å². The van der Waals surface area contributed by atoms with Gasteiger partial charge in [-0.3, -0.25) is 5.84 Å². The van der Waals surface area contributed by atoms with Gasteiger partial charge in [0.05, 0.1) is 12.2 Å². The molecule has 0 spiro atoms. The minimum absolute atomic E-state index is 0.527. The van der Waals surface area contributed by atoms with Crippen molar-refractivity contribution in [2.24, 2.45) is 11.8 Å². The third kappa shape index (κ3) is 4.46. The molecule has 1 atom stereocenters. The first-order valence-corrected chi connectivity index (χ1v) is 6.83. The molecular weight excluding hydrogens is 232 g/mol. The summed E-state index contributed by atoms with van der Waals surface area (Å²) in [4.78, 5) is 0. The highest BCUT2D eigenvalue weighted by Gasteiger charge is 2.31. The lowest BCUT2D eigenvalue weighted by Crippen LogP contribution is -2.42. The zero-order valence-electron chi connectivity index (χ0n) is 11.3. The summed E-state index contributed by atoms with van der Waals surface area (Å²) >= 11 is 0. The van der Waals surface area contributed by atoms with Gasteiger partial charge >= 0.3 is 0 Å². The fraction of sp³-hybridized carbons (Fsp3) is 1.00. The Morgan fingerprint density at radius 1 is 1.39 bits per heavy atom. The second kappa shape index (κ2) is 6.27. The van der Waals surface area contributed by atoms with Gasteiger partial charge in [-0.15, -0.1) is 0 Å². The van der Waals surface area contributed by atoms with Crippen LogP contribution in [0.5, 0.6) is 0 Å². The Labute approximate surface area is 109 Å². The number of ether oxygens (including phenoxy) is 1. The molecule has 0 saturated carbocycles. The minimum atomic E-state index is -0.555. The predicted octanol–water partition coefficient (Wildman–Crippen LogP) is -0.492. The number of hydrogen-bond donors (Lipinski definition) is 3. The third-order valence-corrected chi connectivity index (χ3v) is 3.84. The van der Waals surface area contributed by atoms with Crippen molar-refractivity contribution in [2.75, 3.05) is 39.5 Å². The molecule has 0 aromatic carbocycles. The largest absolute Gasteiger partial charge is 0.389 e. The maximum Gasteiger partial charge on any atom is 0.109 e. The Balaban J connectivity index is 1.51. The first-order valence-electron chi connectivity index (χ1n) is 6.83. The third-order valence-electron chi connectivity index (χ3n) is 3.84. The van der Waals surface area contributed by atoms with Crippen LogP contribution in [0.4, 0.5) is 0 Å². The van der Waals surface area contributed by atoms with Gasteiger partial charge < -0.3 is 9.84 Å². The van der Waals surface area contributed by atoms with Gasteiger partial charge in [0.2, 0.25) is 0 Å². The highest BCUT2D eigenvalue weighted by atomic mass is 16.5. The van der Waals surface area contributed by atoms with Gasteiger partial charge in [0, 0.05) is 26.2 Å². The van der Waals surface area contributed by atoms with Gasteiger partial charge in [-0.25, -0.2) is 15.4 Å². The fourth-order valence-corrected chi connectivity index (χ4v) is 2.56. The SMILES string of the molecule is CC1(O)CCN(NCOCC2CCN(N)CC2)C1. The van der Waals surface area contributed by atoms with E-state index >= 15 is 0 Å². The van der Waals surface area contributed by atoms with Crippen molar-refractivity contribution >= 4 is 0 Å². The first kappa shape index (κ1) is 14.2. The average molecular weight is 258 g/mol. The molecule has 2 fully saturated rings. The monoisotopic (exact) mass is 258 g/mol. The van der Waals surface area contributed by atoms with Crippen LogP contribution < -0.4 is 11.3 Å². The molecular formula is C12H26N4O2. The second-order valence-electron chi connectivity index (χ2n) is 5.82. The second-order valence-corrected chi connectivity index (χ2v) is 5.82. The highest BCUT2D eigenvalue weighted by molar-refractivity contribution is 4.83. The lowest BCUT2D eigenvalue weighted by atomic mass is 9.99. The number of nitrogens with one attached hydrogen (secondary N) is 1. The van der Waals surface area contributed by atoms with Crippen LogP contribution in [0.1, 0.15) is 26.2 Å². The van der Waals surface area contributed by atoms with Gasteiger partial charge in [0.15, 0.2) is 0 Å². The summed E-state index contributed by atoms with van der Waals surface area (Å²) in [6.45, 7) is 6.68. The van der Waals surface area contributed by atoms with Crippen LogP contribution in [0.25, 0.3) is 0 Å². The van der Waals surface area contributed by atoms with Crippen LogP contribution in [0.15, 0.2) is 0 Å². The zero-order valence-corrected chi connectivity index (χ0v) is 11.3. The topological polar surface area (TPSA) is 74.0 Å². The van der Waals surface area contributed by atoms with Crippen molar-refractivity contribution in [3.05, 3.63) is 0 Å². The standard InChI is InChI=1S/C12H26N4O2/c1-12(17)4-7-16(9-12)14-10-18-8-11-2-5-15(13)6-3-11/h11,14,17H,2-10,13H2,1H3. The summed E-state index contributed by atoms with van der Waals surface area (Å²) in [7, 11) is 0. The smallest absolute Gasteiger partial charge is 0.109 e. The van der Waals surface area contributed by atoms with Crippen molar-refractivity contribution in [3.8, 4) is 0 Å². The average Bonchev–Trinajstić information content (AvgIpc) is 2.67. The molecule has 2 rings (SSSR count). The number of hydrogen-bond acceptors (Lipinski definition) is 6. The van der Waals surface area contributed by atoms with Gasteiger partial charge in [0.1, 0.15) is 6.73 Å². The molecule has 6 nitrogen and oxygen atoms in total. The molecule has 2 aliphatic heterocycles. The number of rotatable bonds is 5. The van der Waals surface area contributed by atoms with Gasteiger partial charge in [0.25, 0.3) is 0 Å². The highest BCUT2D eigenvalue weighted by Crippen LogP contribution is 2.18. The number of nitrogens with zero attached hydrogens (tertiary/aromatic N) is 2. The summed E-state index contributed by atoms with van der Waals surface area (Å²) in [6, 6.07) is 0. The molecule has 0 aliphatic carbocycles. The van der Waals surface area contributed by atoms with Crippen LogP contribution in [0, 0.1) is 5.92 Å². The molecule has 0 amide bonds. The number of hydrazine groups is 2. The molecule has 2 heterocycles. The van der Waals surface area contributed by atoms with E-state index in [1.54, 1.807) is 0 Å². The molecule has 2 aliphatic rings. The van der Waals surface area contributed by atoms with E-state index in [9.17, 15) is 5.11 Å². The van der Waals surface area contributed by atoms with E-state index in [-0.39, 0.29) is 0 Å². The maximum absolute atomic E-state index is 9.81. The number of piperidine rings is 1. The van der Waals surface area contributed by atoms with Crippen LogP contribution in [0.3, 0.4) is 0 Å². The maximum atomic E-state index is 9.81. The summed E-state index contributed by atoms with van der Waals surface area (Å²) in [5, 5.41) is 13.7. The van der Waals surface area contributed by atoms with Gasteiger partial charge in [-0.05, 0) is 32.1 Å². The Morgan fingerprint density at radius 3 is 2.72 bits per heavy atom. The normalized spacial score (nSPS) is 32.2. The Morgan fingerprint density at radius 2 is 2.11 bits per heavy atom. The van der Waals surface area contributed by atoms with Crippen molar-refractivity contribution in [1.82, 2.24) is 15.4 Å². The van der Waals surface area contributed by atoms with E-state index in [2.05, 4.69) is 5.43 Å². The van der Waals surface area contributed by atoms with Gasteiger partial charge in [-0.2, -0.15) is 0 Å². The number of nitrogens with two attached hydrogens (primary N) is 1. The minimum Gasteiger partial charge on any atom is -0.389 e. The van der Waals surface area contributed by atoms with Crippen molar-refractivity contribution in [1.29, 1.82) is 0 Å². The summed E-state index contributed by atoms with van der Waals surface area (Å²) in [5.41, 5.74) is 2.65. The molecule has 4 N–H and O–H groups in total. The van der Waals surface area contributed by atoms with E-state index in [0.717, 1.165) is 45.5 Å². The fourth-order valence-electron chi connectivity index (χ4n) is 2.56. The lowest BCUT2D eigenvalue weighted by molar-refractivity contribution is 0.0116. The van der Waals surface area contributed by atoms with Crippen molar-refractivity contribution in [2.45, 2.75) is 31.8 Å². The molecule has 18 heavy (non-hydrogen) atoms. The summed E-state index contributed by atoms with van der Waals surface area (Å²) < 4.78 is 5.64. The molecule has 0 radical (unpaired) electrons. The molecule has 0 aromatic rings.